The Hall–Kier alpha value is -2.65. The van der Waals surface area contributed by atoms with Crippen molar-refractivity contribution in [2.75, 3.05) is 6.61 Å². The van der Waals surface area contributed by atoms with Crippen molar-refractivity contribution in [2.24, 2.45) is 33.7 Å². The first kappa shape index (κ1) is 25.0. The largest absolute Gasteiger partial charge is 0.385 e. The van der Waals surface area contributed by atoms with Crippen LogP contribution >= 0.6 is 0 Å². The van der Waals surface area contributed by atoms with E-state index in [1.54, 1.807) is 12.1 Å². The van der Waals surface area contributed by atoms with Gasteiger partial charge in [0, 0.05) is 12.0 Å². The monoisotopic (exact) mass is 492 g/mol. The Labute approximate surface area is 213 Å². The molecule has 0 aliphatic heterocycles. The third kappa shape index (κ3) is 4.16. The summed E-state index contributed by atoms with van der Waals surface area (Å²) < 4.78 is 13.0. The van der Waals surface area contributed by atoms with Gasteiger partial charge in [-0.2, -0.15) is 0 Å². The molecule has 5 nitrogen and oxygen atoms in total. The molecule has 4 aliphatic carbocycles. The number of hydrogen-bond donors (Lipinski definition) is 2. The molecule has 0 spiro atoms. The van der Waals surface area contributed by atoms with E-state index in [2.05, 4.69) is 36.3 Å². The molecule has 0 bridgehead atoms. The predicted octanol–water partition coefficient (Wildman–Crippen LogP) is 5.14. The molecule has 5 rings (SSSR count). The molecule has 2 N–H and O–H groups in total. The Morgan fingerprint density at radius 2 is 1.92 bits per heavy atom. The lowest BCUT2D eigenvalue weighted by molar-refractivity contribution is -0.125. The highest BCUT2D eigenvalue weighted by molar-refractivity contribution is 5.96. The molecule has 1 aromatic rings. The standard InChI is InChI=1S/C30H37FN2O3/c1-4-30(35)16-13-26-24-10-7-21-17-23(11-14-28(21,2)25(24)12-15-29(26,30)3)33-36-19-27(34)32-18-20-5-8-22(31)9-6-20/h1,5-6,8-9,17,24-26,35H,7,10-16,18-19H2,2-3H3,(H,32,34)/t24-,25+,26-,28-,29+,30+/m0/s1. The van der Waals surface area contributed by atoms with Gasteiger partial charge in [-0.15, -0.1) is 6.42 Å². The number of carbonyl (C=O) groups excluding carboxylic acids is 1. The highest BCUT2D eigenvalue weighted by Gasteiger charge is 2.63. The number of terminal acetylenes is 1. The van der Waals surface area contributed by atoms with E-state index in [1.165, 1.54) is 17.7 Å². The number of fused-ring (bicyclic) bond motifs is 5. The number of benzene rings is 1. The number of rotatable bonds is 5. The van der Waals surface area contributed by atoms with Gasteiger partial charge in [0.2, 0.25) is 0 Å². The van der Waals surface area contributed by atoms with Gasteiger partial charge in [-0.05, 0) is 98.3 Å². The van der Waals surface area contributed by atoms with Crippen LogP contribution in [0.4, 0.5) is 4.39 Å². The molecule has 0 heterocycles. The lowest BCUT2D eigenvalue weighted by Crippen LogP contribution is -2.54. The number of aliphatic hydroxyl groups is 1. The first-order valence-electron chi connectivity index (χ1n) is 13.3. The number of nitrogens with zero attached hydrogens (tertiary/aromatic N) is 1. The average Bonchev–Trinajstić information content (AvgIpc) is 3.15. The normalized spacial score (nSPS) is 38.2. The zero-order chi connectivity index (χ0) is 25.6. The lowest BCUT2D eigenvalue weighted by atomic mass is 9.46. The summed E-state index contributed by atoms with van der Waals surface area (Å²) >= 11 is 0. The summed E-state index contributed by atoms with van der Waals surface area (Å²) in [6.45, 7) is 4.82. The fourth-order valence-corrected chi connectivity index (χ4v) is 7.92. The van der Waals surface area contributed by atoms with Crippen molar-refractivity contribution < 1.29 is 19.1 Å². The van der Waals surface area contributed by atoms with Gasteiger partial charge in [0.1, 0.15) is 11.4 Å². The van der Waals surface area contributed by atoms with E-state index < -0.39 is 5.60 Å². The average molecular weight is 493 g/mol. The lowest BCUT2D eigenvalue weighted by Gasteiger charge is -2.58. The quantitative estimate of drug-likeness (QED) is 0.442. The van der Waals surface area contributed by atoms with Gasteiger partial charge in [-0.25, -0.2) is 4.39 Å². The van der Waals surface area contributed by atoms with E-state index in [0.717, 1.165) is 62.6 Å². The number of oxime groups is 1. The molecule has 6 heteroatoms. The summed E-state index contributed by atoms with van der Waals surface area (Å²) in [5, 5.41) is 18.2. The van der Waals surface area contributed by atoms with Crippen LogP contribution in [0.1, 0.15) is 70.8 Å². The summed E-state index contributed by atoms with van der Waals surface area (Å²) in [6.07, 6.45) is 15.9. The van der Waals surface area contributed by atoms with Crippen molar-refractivity contribution in [3.8, 4) is 12.3 Å². The second kappa shape index (κ2) is 9.34. The molecule has 0 radical (unpaired) electrons. The second-order valence-electron chi connectivity index (χ2n) is 11.8. The SMILES string of the molecule is C#C[C@@]1(O)CC[C@H]2[C@H]3CCC4=CC(=NOCC(=O)NCc5ccc(F)cc5)CC[C@]4(C)[C@@H]3CC[C@]21C. The van der Waals surface area contributed by atoms with Crippen LogP contribution in [0.5, 0.6) is 0 Å². The Balaban J connectivity index is 1.19. The molecule has 0 saturated heterocycles. The Morgan fingerprint density at radius 3 is 2.67 bits per heavy atom. The highest BCUT2D eigenvalue weighted by Crippen LogP contribution is 2.67. The Morgan fingerprint density at radius 1 is 1.17 bits per heavy atom. The van der Waals surface area contributed by atoms with Crippen molar-refractivity contribution in [2.45, 2.75) is 77.4 Å². The molecule has 0 unspecified atom stereocenters. The molecule has 1 aromatic carbocycles. The van der Waals surface area contributed by atoms with Gasteiger partial charge in [-0.1, -0.05) is 42.6 Å². The zero-order valence-corrected chi connectivity index (χ0v) is 21.4. The number of halogens is 1. The van der Waals surface area contributed by atoms with Crippen LogP contribution in [0.3, 0.4) is 0 Å². The van der Waals surface area contributed by atoms with Crippen molar-refractivity contribution >= 4 is 11.6 Å². The fraction of sp³-hybridized carbons (Fsp3) is 0.600. The summed E-state index contributed by atoms with van der Waals surface area (Å²) in [5.41, 5.74) is 2.18. The molecule has 1 amide bonds. The Bertz CT molecular complexity index is 1120. The van der Waals surface area contributed by atoms with Gasteiger partial charge >= 0.3 is 0 Å². The minimum atomic E-state index is -0.964. The summed E-state index contributed by atoms with van der Waals surface area (Å²) in [4.78, 5) is 17.5. The summed E-state index contributed by atoms with van der Waals surface area (Å²) in [7, 11) is 0. The molecule has 192 valence electrons. The molecule has 36 heavy (non-hydrogen) atoms. The van der Waals surface area contributed by atoms with E-state index in [9.17, 15) is 14.3 Å². The first-order valence-corrected chi connectivity index (χ1v) is 13.3. The van der Waals surface area contributed by atoms with Crippen LogP contribution in [-0.4, -0.2) is 28.9 Å². The van der Waals surface area contributed by atoms with E-state index in [-0.39, 0.29) is 29.2 Å². The first-order chi connectivity index (χ1) is 17.2. The molecule has 3 fully saturated rings. The van der Waals surface area contributed by atoms with Gasteiger partial charge < -0.3 is 15.3 Å². The molecule has 4 aliphatic rings. The van der Waals surface area contributed by atoms with E-state index in [4.69, 9.17) is 11.3 Å². The number of nitrogens with one attached hydrogen (secondary N) is 1. The third-order valence-electron chi connectivity index (χ3n) is 10.1. The van der Waals surface area contributed by atoms with Crippen molar-refractivity contribution in [3.05, 3.63) is 47.3 Å². The molecule has 0 aromatic heterocycles. The van der Waals surface area contributed by atoms with Crippen LogP contribution in [0, 0.1) is 46.7 Å². The minimum Gasteiger partial charge on any atom is -0.385 e. The Kier molecular flexibility index (Phi) is 6.49. The van der Waals surface area contributed by atoms with E-state index in [0.29, 0.717) is 24.3 Å². The van der Waals surface area contributed by atoms with Crippen LogP contribution in [0.15, 0.2) is 41.1 Å². The maximum Gasteiger partial charge on any atom is 0.261 e. The highest BCUT2D eigenvalue weighted by atomic mass is 19.1. The third-order valence-corrected chi connectivity index (χ3v) is 10.1. The van der Waals surface area contributed by atoms with Gasteiger partial charge in [-0.3, -0.25) is 4.79 Å². The van der Waals surface area contributed by atoms with Gasteiger partial charge in [0.15, 0.2) is 6.61 Å². The van der Waals surface area contributed by atoms with Crippen LogP contribution < -0.4 is 5.32 Å². The summed E-state index contributed by atoms with van der Waals surface area (Å²) in [6, 6.07) is 6.04. The van der Waals surface area contributed by atoms with Crippen LogP contribution in [0.2, 0.25) is 0 Å². The molecular weight excluding hydrogens is 455 g/mol. The van der Waals surface area contributed by atoms with Gasteiger partial charge in [0.05, 0.1) is 5.71 Å². The van der Waals surface area contributed by atoms with Crippen molar-refractivity contribution in [3.63, 3.8) is 0 Å². The van der Waals surface area contributed by atoms with Crippen LogP contribution in [0.25, 0.3) is 0 Å². The maximum atomic E-state index is 13.0. The molecule has 6 atom stereocenters. The van der Waals surface area contributed by atoms with Crippen molar-refractivity contribution in [1.29, 1.82) is 0 Å². The number of hydrogen-bond acceptors (Lipinski definition) is 4. The second-order valence-corrected chi connectivity index (χ2v) is 11.8. The topological polar surface area (TPSA) is 70.9 Å². The predicted molar refractivity (Wildman–Crippen MR) is 137 cm³/mol. The zero-order valence-electron chi connectivity index (χ0n) is 21.4. The van der Waals surface area contributed by atoms with E-state index >= 15 is 0 Å². The smallest absolute Gasteiger partial charge is 0.261 e. The van der Waals surface area contributed by atoms with Gasteiger partial charge in [0.25, 0.3) is 5.91 Å². The van der Waals surface area contributed by atoms with Crippen molar-refractivity contribution in [1.82, 2.24) is 5.32 Å². The van der Waals surface area contributed by atoms with Crippen LogP contribution in [-0.2, 0) is 16.2 Å². The number of amides is 1. The number of allylic oxidation sites excluding steroid dienone is 2. The number of carbonyl (C=O) groups is 1. The van der Waals surface area contributed by atoms with E-state index in [1.807, 2.05) is 0 Å². The molecule has 3 saturated carbocycles. The molecular formula is C30H37FN2O3. The fourth-order valence-electron chi connectivity index (χ4n) is 7.92. The maximum absolute atomic E-state index is 13.0. The minimum absolute atomic E-state index is 0.145. The summed E-state index contributed by atoms with van der Waals surface area (Å²) in [5.74, 6) is 3.91.